The minimum absolute atomic E-state index is 0.431. The van der Waals surface area contributed by atoms with Crippen molar-refractivity contribution in [3.63, 3.8) is 0 Å². The number of ether oxygens (including phenoxy) is 2. The minimum atomic E-state index is -0.551. The third-order valence-electron chi connectivity index (χ3n) is 3.76. The maximum absolute atomic E-state index is 12.3. The van der Waals surface area contributed by atoms with Gasteiger partial charge in [-0.2, -0.15) is 5.10 Å². The lowest BCUT2D eigenvalue weighted by Gasteiger charge is -2.26. The Hall–Kier alpha value is -2.76. The molecule has 1 aromatic rings. The molecular weight excluding hydrogens is 318 g/mol. The molecule has 0 saturated carbocycles. The Bertz CT molecular complexity index is 791. The summed E-state index contributed by atoms with van der Waals surface area (Å²) in [7, 11) is 1.89. The molecule has 0 radical (unpaired) electrons. The van der Waals surface area contributed by atoms with E-state index in [4.69, 9.17) is 9.47 Å². The summed E-state index contributed by atoms with van der Waals surface area (Å²) in [4.78, 5) is 13.7. The summed E-state index contributed by atoms with van der Waals surface area (Å²) in [5.41, 5.74) is 2.58. The van der Waals surface area contributed by atoms with E-state index in [1.807, 2.05) is 40.2 Å². The second kappa shape index (κ2) is 6.63. The lowest BCUT2D eigenvalue weighted by molar-refractivity contribution is 0.0383. The van der Waals surface area contributed by atoms with Gasteiger partial charge in [-0.25, -0.2) is 4.79 Å². The molecule has 2 aliphatic rings. The maximum Gasteiger partial charge on any atom is 0.418 e. The van der Waals surface area contributed by atoms with Crippen molar-refractivity contribution in [2.24, 2.45) is 7.05 Å². The first-order chi connectivity index (χ1) is 11.8. The van der Waals surface area contributed by atoms with Crippen LogP contribution >= 0.6 is 0 Å². The highest BCUT2D eigenvalue weighted by atomic mass is 16.6. The summed E-state index contributed by atoms with van der Waals surface area (Å²) in [5, 5.41) is 4.24. The molecule has 6 heteroatoms. The second-order valence-corrected chi connectivity index (χ2v) is 7.02. The molecule has 0 spiro atoms. The number of rotatable bonds is 2. The Morgan fingerprint density at radius 3 is 2.84 bits per heavy atom. The van der Waals surface area contributed by atoms with Gasteiger partial charge in [0.05, 0.1) is 18.6 Å². The van der Waals surface area contributed by atoms with Gasteiger partial charge in [-0.3, -0.25) is 9.58 Å². The van der Waals surface area contributed by atoms with Gasteiger partial charge in [0.1, 0.15) is 17.6 Å². The monoisotopic (exact) mass is 341 g/mol. The molecule has 0 atom stereocenters. The molecule has 2 heterocycles. The molecule has 0 bridgehead atoms. The van der Waals surface area contributed by atoms with Gasteiger partial charge in [0.2, 0.25) is 0 Å². The molecule has 1 amide bonds. The van der Waals surface area contributed by atoms with Gasteiger partial charge in [-0.1, -0.05) is 12.2 Å². The fraction of sp³-hybridized carbons (Fsp3) is 0.368. The van der Waals surface area contributed by atoms with Gasteiger partial charge in [0, 0.05) is 24.4 Å². The zero-order chi connectivity index (χ0) is 18.0. The summed E-state index contributed by atoms with van der Waals surface area (Å²) in [6.45, 7) is 5.53. The van der Waals surface area contributed by atoms with Crippen LogP contribution in [0.2, 0.25) is 0 Å². The first-order valence-corrected chi connectivity index (χ1v) is 8.29. The molecule has 1 aliphatic carbocycles. The van der Waals surface area contributed by atoms with E-state index in [1.165, 1.54) is 11.2 Å². The van der Waals surface area contributed by atoms with Crippen LogP contribution < -0.4 is 0 Å². The number of nitrogens with zero attached hydrogens (tertiary/aromatic N) is 3. The van der Waals surface area contributed by atoms with Crippen LogP contribution in [0.4, 0.5) is 4.79 Å². The molecule has 6 nitrogen and oxygen atoms in total. The molecule has 1 aliphatic heterocycles. The SMILES string of the molecule is Cn1cc(C2=C(C3=CN(C(=O)OC(C)(C)C)C=CO3)CCC=C2)cn1. The summed E-state index contributed by atoms with van der Waals surface area (Å²) in [6.07, 6.45) is 14.1. The summed E-state index contributed by atoms with van der Waals surface area (Å²) < 4.78 is 12.9. The largest absolute Gasteiger partial charge is 0.462 e. The molecule has 132 valence electrons. The van der Waals surface area contributed by atoms with Crippen LogP contribution in [0, 0.1) is 0 Å². The van der Waals surface area contributed by atoms with Crippen molar-refractivity contribution in [3.05, 3.63) is 60.1 Å². The highest BCUT2D eigenvalue weighted by Crippen LogP contribution is 2.34. The number of carbonyl (C=O) groups excluding carboxylic acids is 1. The van der Waals surface area contributed by atoms with Gasteiger partial charge in [-0.05, 0) is 39.2 Å². The van der Waals surface area contributed by atoms with Crippen LogP contribution in [0.3, 0.4) is 0 Å². The van der Waals surface area contributed by atoms with E-state index in [0.717, 1.165) is 29.6 Å². The van der Waals surface area contributed by atoms with Crippen LogP contribution in [0.5, 0.6) is 0 Å². The van der Waals surface area contributed by atoms with E-state index < -0.39 is 11.7 Å². The van der Waals surface area contributed by atoms with Crippen molar-refractivity contribution in [2.75, 3.05) is 0 Å². The minimum Gasteiger partial charge on any atom is -0.462 e. The van der Waals surface area contributed by atoms with Gasteiger partial charge >= 0.3 is 6.09 Å². The Morgan fingerprint density at radius 1 is 1.36 bits per heavy atom. The highest BCUT2D eigenvalue weighted by molar-refractivity contribution is 5.80. The summed E-state index contributed by atoms with van der Waals surface area (Å²) >= 11 is 0. The first kappa shape index (κ1) is 17.1. The van der Waals surface area contributed by atoms with Crippen molar-refractivity contribution in [1.29, 1.82) is 0 Å². The van der Waals surface area contributed by atoms with Crippen molar-refractivity contribution in [3.8, 4) is 0 Å². The molecule has 25 heavy (non-hydrogen) atoms. The fourth-order valence-electron chi connectivity index (χ4n) is 2.70. The van der Waals surface area contributed by atoms with Crippen molar-refractivity contribution in [2.45, 2.75) is 39.2 Å². The first-order valence-electron chi connectivity index (χ1n) is 8.29. The van der Waals surface area contributed by atoms with Crippen LogP contribution in [0.25, 0.3) is 5.57 Å². The van der Waals surface area contributed by atoms with Crippen molar-refractivity contribution in [1.82, 2.24) is 14.7 Å². The van der Waals surface area contributed by atoms with Gasteiger partial charge in [-0.15, -0.1) is 0 Å². The number of hydrogen-bond acceptors (Lipinski definition) is 4. The van der Waals surface area contributed by atoms with Gasteiger partial charge in [0.15, 0.2) is 0 Å². The van der Waals surface area contributed by atoms with E-state index in [2.05, 4.69) is 17.3 Å². The Kier molecular flexibility index (Phi) is 4.53. The average molecular weight is 341 g/mol. The number of carbonyl (C=O) groups is 1. The number of aromatic nitrogens is 2. The zero-order valence-electron chi connectivity index (χ0n) is 15.0. The molecule has 0 fully saturated rings. The van der Waals surface area contributed by atoms with Crippen molar-refractivity contribution < 1.29 is 14.3 Å². The van der Waals surface area contributed by atoms with E-state index in [9.17, 15) is 4.79 Å². The summed E-state index contributed by atoms with van der Waals surface area (Å²) in [5.74, 6) is 0.650. The average Bonchev–Trinajstić information content (AvgIpc) is 3.00. The molecule has 0 N–H and O–H groups in total. The smallest absolute Gasteiger partial charge is 0.418 e. The number of amides is 1. The van der Waals surface area contributed by atoms with E-state index in [1.54, 1.807) is 17.1 Å². The number of allylic oxidation sites excluding steroid dienone is 4. The molecular formula is C19H23N3O3. The van der Waals surface area contributed by atoms with Crippen molar-refractivity contribution >= 4 is 11.7 Å². The Balaban J connectivity index is 1.92. The lowest BCUT2D eigenvalue weighted by atomic mass is 9.92. The quantitative estimate of drug-likeness (QED) is 0.812. The van der Waals surface area contributed by atoms with Gasteiger partial charge < -0.3 is 9.47 Å². The summed E-state index contributed by atoms with van der Waals surface area (Å²) in [6, 6.07) is 0. The van der Waals surface area contributed by atoms with Gasteiger partial charge in [0.25, 0.3) is 0 Å². The fourth-order valence-corrected chi connectivity index (χ4v) is 2.70. The second-order valence-electron chi connectivity index (χ2n) is 7.02. The normalized spacial score (nSPS) is 17.4. The molecule has 3 rings (SSSR count). The lowest BCUT2D eigenvalue weighted by Crippen LogP contribution is -2.32. The Labute approximate surface area is 147 Å². The molecule has 1 aromatic heterocycles. The third-order valence-corrected chi connectivity index (χ3v) is 3.76. The van der Waals surface area contributed by atoms with E-state index >= 15 is 0 Å². The maximum atomic E-state index is 12.3. The third kappa shape index (κ3) is 4.02. The van der Waals surface area contributed by atoms with Crippen LogP contribution in [0.15, 0.2) is 54.5 Å². The standard InChI is InChI=1S/C19H23N3O3/c1-19(2,3)25-18(23)22-9-10-24-17(13-22)16-8-6-5-7-15(16)14-11-20-21(4)12-14/h5,7,9-13H,6,8H2,1-4H3. The molecule has 0 saturated heterocycles. The predicted molar refractivity (Wildman–Crippen MR) is 94.9 cm³/mol. The highest BCUT2D eigenvalue weighted by Gasteiger charge is 2.24. The molecule has 0 aromatic carbocycles. The van der Waals surface area contributed by atoms with E-state index in [-0.39, 0.29) is 0 Å². The number of aryl methyl sites for hydroxylation is 1. The predicted octanol–water partition coefficient (Wildman–Crippen LogP) is 4.10. The van der Waals surface area contributed by atoms with Crippen LogP contribution in [-0.4, -0.2) is 26.4 Å². The topological polar surface area (TPSA) is 56.6 Å². The Morgan fingerprint density at radius 2 is 2.16 bits per heavy atom. The zero-order valence-corrected chi connectivity index (χ0v) is 15.0. The number of hydrogen-bond donors (Lipinski definition) is 0. The van der Waals surface area contributed by atoms with Crippen LogP contribution in [0.1, 0.15) is 39.2 Å². The molecule has 0 unspecified atom stereocenters. The van der Waals surface area contributed by atoms with Crippen LogP contribution in [-0.2, 0) is 16.5 Å². The van der Waals surface area contributed by atoms with E-state index in [0.29, 0.717) is 5.76 Å².